The van der Waals surface area contributed by atoms with E-state index in [2.05, 4.69) is 4.98 Å². The lowest BCUT2D eigenvalue weighted by Crippen LogP contribution is -1.89. The van der Waals surface area contributed by atoms with Crippen LogP contribution in [0.2, 0.25) is 0 Å². The maximum Gasteiger partial charge on any atom is 0.291 e. The first kappa shape index (κ1) is 8.74. The smallest absolute Gasteiger partial charge is 0.291 e. The van der Waals surface area contributed by atoms with Crippen molar-refractivity contribution < 1.29 is 14.3 Å². The Morgan fingerprint density at radius 3 is 3.14 bits per heavy atom. The highest BCUT2D eigenvalue weighted by atomic mass is 16.5. The Kier molecular flexibility index (Phi) is 2.18. The molecule has 0 unspecified atom stereocenters. The van der Waals surface area contributed by atoms with Crippen molar-refractivity contribution in [2.24, 2.45) is 0 Å². The fourth-order valence-electron chi connectivity index (χ4n) is 1.31. The van der Waals surface area contributed by atoms with Crippen LogP contribution in [-0.4, -0.2) is 16.4 Å². The zero-order valence-corrected chi connectivity index (χ0v) is 7.43. The van der Waals surface area contributed by atoms with E-state index in [4.69, 9.17) is 4.42 Å². The lowest BCUT2D eigenvalue weighted by molar-refractivity contribution is -0.107. The van der Waals surface area contributed by atoms with Gasteiger partial charge >= 0.3 is 0 Å². The number of aromatic hydroxyl groups is 1. The summed E-state index contributed by atoms with van der Waals surface area (Å²) in [6.45, 7) is 0. The van der Waals surface area contributed by atoms with Crippen LogP contribution in [0.25, 0.3) is 10.9 Å². The molecule has 2 rings (SSSR count). The normalized spacial score (nSPS) is 10.6. The highest BCUT2D eigenvalue weighted by Crippen LogP contribution is 2.25. The summed E-state index contributed by atoms with van der Waals surface area (Å²) in [6.07, 6.45) is 3.33. The molecule has 0 amide bonds. The van der Waals surface area contributed by atoms with Crippen LogP contribution in [0, 0.1) is 0 Å². The van der Waals surface area contributed by atoms with Crippen LogP contribution >= 0.6 is 0 Å². The second-order valence-electron chi connectivity index (χ2n) is 2.98. The van der Waals surface area contributed by atoms with Gasteiger partial charge in [-0.1, -0.05) is 0 Å². The fourth-order valence-corrected chi connectivity index (χ4v) is 1.31. The Morgan fingerprint density at radius 2 is 2.36 bits per heavy atom. The molecular weight excluding hydrogens is 182 g/mol. The third-order valence-electron chi connectivity index (χ3n) is 2.01. The fraction of sp³-hybridized carbons (Fsp3) is 0.200. The molecule has 0 saturated carbocycles. The molecule has 0 spiro atoms. The molecule has 0 aromatic carbocycles. The summed E-state index contributed by atoms with van der Waals surface area (Å²) in [6, 6.07) is 3.52. The predicted octanol–water partition coefficient (Wildman–Crippen LogP) is 1.66. The number of fused-ring (bicyclic) bond motifs is 1. The summed E-state index contributed by atoms with van der Waals surface area (Å²) in [4.78, 5) is 14.4. The molecule has 0 aliphatic carbocycles. The molecule has 1 N–H and O–H groups in total. The zero-order chi connectivity index (χ0) is 9.97. The van der Waals surface area contributed by atoms with Crippen molar-refractivity contribution in [3.8, 4) is 5.95 Å². The van der Waals surface area contributed by atoms with Gasteiger partial charge in [0.25, 0.3) is 5.95 Å². The van der Waals surface area contributed by atoms with Gasteiger partial charge in [-0.2, -0.15) is 0 Å². The number of aldehydes is 1. The lowest BCUT2D eigenvalue weighted by atomic mass is 10.2. The second kappa shape index (κ2) is 3.49. The van der Waals surface area contributed by atoms with Gasteiger partial charge in [0.05, 0.1) is 5.39 Å². The Hall–Kier alpha value is -1.84. The number of furan rings is 1. The maximum absolute atomic E-state index is 10.2. The van der Waals surface area contributed by atoms with Crippen molar-refractivity contribution in [3.63, 3.8) is 0 Å². The van der Waals surface area contributed by atoms with Crippen LogP contribution in [0.15, 0.2) is 22.8 Å². The molecule has 2 heterocycles. The van der Waals surface area contributed by atoms with E-state index in [0.29, 0.717) is 23.7 Å². The first-order chi connectivity index (χ1) is 6.81. The minimum absolute atomic E-state index is 0.116. The number of hydrogen-bond acceptors (Lipinski definition) is 4. The van der Waals surface area contributed by atoms with E-state index in [1.54, 1.807) is 12.1 Å². The van der Waals surface area contributed by atoms with Gasteiger partial charge < -0.3 is 14.3 Å². The Bertz CT molecular complexity index is 461. The number of aromatic nitrogens is 1. The number of pyridine rings is 1. The second-order valence-corrected chi connectivity index (χ2v) is 2.98. The standard InChI is InChI=1S/C10H9NO3/c12-5-1-2-7-3-4-8-9(11-7)6-14-10(8)13/h3-6,13H,1-2H2. The summed E-state index contributed by atoms with van der Waals surface area (Å²) >= 11 is 0. The highest BCUT2D eigenvalue weighted by molar-refractivity contribution is 5.82. The van der Waals surface area contributed by atoms with Gasteiger partial charge in [-0.05, 0) is 18.6 Å². The quantitative estimate of drug-likeness (QED) is 0.749. The molecule has 0 aliphatic heterocycles. The van der Waals surface area contributed by atoms with Gasteiger partial charge in [0, 0.05) is 12.1 Å². The summed E-state index contributed by atoms with van der Waals surface area (Å²) in [7, 11) is 0. The average Bonchev–Trinajstić information content (AvgIpc) is 2.57. The van der Waals surface area contributed by atoms with E-state index < -0.39 is 0 Å². The first-order valence-electron chi connectivity index (χ1n) is 4.31. The summed E-state index contributed by atoms with van der Waals surface area (Å²) in [5, 5.41) is 9.81. The topological polar surface area (TPSA) is 63.3 Å². The monoisotopic (exact) mass is 191 g/mol. The molecule has 2 aromatic heterocycles. The Balaban J connectivity index is 2.36. The number of hydrogen-bond donors (Lipinski definition) is 1. The Labute approximate surface area is 80.2 Å². The molecule has 2 aromatic rings. The number of rotatable bonds is 3. The van der Waals surface area contributed by atoms with Crippen molar-refractivity contribution in [1.82, 2.24) is 4.98 Å². The summed E-state index contributed by atoms with van der Waals surface area (Å²) < 4.78 is 4.80. The van der Waals surface area contributed by atoms with E-state index in [0.717, 1.165) is 12.0 Å². The zero-order valence-electron chi connectivity index (χ0n) is 7.43. The third-order valence-corrected chi connectivity index (χ3v) is 2.01. The molecule has 0 bridgehead atoms. The molecule has 0 atom stereocenters. The van der Waals surface area contributed by atoms with E-state index >= 15 is 0 Å². The SMILES string of the molecule is O=CCCc1ccc2c(O)occ2n1. The Morgan fingerprint density at radius 1 is 1.50 bits per heavy atom. The van der Waals surface area contributed by atoms with Crippen LogP contribution in [0.5, 0.6) is 5.95 Å². The molecular formula is C10H9NO3. The van der Waals surface area contributed by atoms with E-state index in [-0.39, 0.29) is 5.95 Å². The van der Waals surface area contributed by atoms with Crippen LogP contribution in [0.4, 0.5) is 0 Å². The van der Waals surface area contributed by atoms with Crippen molar-refractivity contribution >= 4 is 17.2 Å². The average molecular weight is 191 g/mol. The van der Waals surface area contributed by atoms with Crippen LogP contribution in [-0.2, 0) is 11.2 Å². The van der Waals surface area contributed by atoms with Gasteiger partial charge in [0.1, 0.15) is 18.1 Å². The lowest BCUT2D eigenvalue weighted by Gasteiger charge is -1.95. The van der Waals surface area contributed by atoms with E-state index in [1.165, 1.54) is 6.26 Å². The highest BCUT2D eigenvalue weighted by Gasteiger charge is 2.05. The largest absolute Gasteiger partial charge is 0.480 e. The van der Waals surface area contributed by atoms with Gasteiger partial charge in [-0.3, -0.25) is 0 Å². The molecule has 0 fully saturated rings. The number of nitrogens with zero attached hydrogens (tertiary/aromatic N) is 1. The number of carbonyl (C=O) groups excluding carboxylic acids is 1. The van der Waals surface area contributed by atoms with E-state index in [1.807, 2.05) is 0 Å². The van der Waals surface area contributed by atoms with Crippen LogP contribution in [0.3, 0.4) is 0 Å². The van der Waals surface area contributed by atoms with Crippen molar-refractivity contribution in [3.05, 3.63) is 24.1 Å². The molecule has 4 heteroatoms. The summed E-state index contributed by atoms with van der Waals surface area (Å²) in [5.74, 6) is -0.116. The van der Waals surface area contributed by atoms with Crippen molar-refractivity contribution in [1.29, 1.82) is 0 Å². The molecule has 14 heavy (non-hydrogen) atoms. The van der Waals surface area contributed by atoms with Gasteiger partial charge in [-0.25, -0.2) is 4.98 Å². The molecule has 72 valence electrons. The van der Waals surface area contributed by atoms with Crippen molar-refractivity contribution in [2.45, 2.75) is 12.8 Å². The molecule has 0 aliphatic rings. The van der Waals surface area contributed by atoms with Crippen molar-refractivity contribution in [2.75, 3.05) is 0 Å². The molecule has 0 saturated heterocycles. The number of carbonyl (C=O) groups is 1. The minimum atomic E-state index is -0.116. The van der Waals surface area contributed by atoms with Crippen LogP contribution < -0.4 is 0 Å². The molecule has 0 radical (unpaired) electrons. The summed E-state index contributed by atoms with van der Waals surface area (Å²) in [5.41, 5.74) is 1.44. The van der Waals surface area contributed by atoms with Gasteiger partial charge in [-0.15, -0.1) is 0 Å². The van der Waals surface area contributed by atoms with Gasteiger partial charge in [0.15, 0.2) is 0 Å². The van der Waals surface area contributed by atoms with Crippen LogP contribution in [0.1, 0.15) is 12.1 Å². The number of aryl methyl sites for hydroxylation is 1. The van der Waals surface area contributed by atoms with Gasteiger partial charge in [0.2, 0.25) is 0 Å². The minimum Gasteiger partial charge on any atom is -0.480 e. The maximum atomic E-state index is 10.2. The first-order valence-corrected chi connectivity index (χ1v) is 4.31. The predicted molar refractivity (Wildman–Crippen MR) is 50.1 cm³/mol. The third kappa shape index (κ3) is 1.46. The molecule has 4 nitrogen and oxygen atoms in total. The van der Waals surface area contributed by atoms with E-state index in [9.17, 15) is 9.90 Å².